The summed E-state index contributed by atoms with van der Waals surface area (Å²) in [5, 5.41) is 10.9. The number of rotatable bonds is 2. The van der Waals surface area contributed by atoms with E-state index in [-0.39, 0.29) is 0 Å². The van der Waals surface area contributed by atoms with E-state index in [1.54, 1.807) is 0 Å². The Hall–Kier alpha value is -1.38. The molecule has 0 fully saturated rings. The van der Waals surface area contributed by atoms with Gasteiger partial charge in [-0.2, -0.15) is 0 Å². The molecule has 0 atom stereocenters. The molecule has 0 aliphatic heterocycles. The molecule has 0 aliphatic rings. The third kappa shape index (κ3) is 1.62. The summed E-state index contributed by atoms with van der Waals surface area (Å²) in [5.74, 6) is 1.03. The number of fused-ring (bicyclic) bond motifs is 1. The van der Waals surface area contributed by atoms with E-state index in [0.29, 0.717) is 11.8 Å². The Kier molecular flexibility index (Phi) is 2.47. The Morgan fingerprint density at radius 2 is 1.80 bits per heavy atom. The number of aromatic amines is 1. The van der Waals surface area contributed by atoms with Gasteiger partial charge in [-0.25, -0.2) is 0 Å². The predicted octanol–water partition coefficient (Wildman–Crippen LogP) is 3.20. The van der Waals surface area contributed by atoms with Gasteiger partial charge >= 0.3 is 0 Å². The van der Waals surface area contributed by atoms with E-state index >= 15 is 0 Å². The van der Waals surface area contributed by atoms with Crippen molar-refractivity contribution in [1.82, 2.24) is 15.4 Å². The summed E-state index contributed by atoms with van der Waals surface area (Å²) in [6, 6.07) is 4.21. The van der Waals surface area contributed by atoms with Crippen LogP contribution in [-0.4, -0.2) is 15.4 Å². The minimum Gasteiger partial charge on any atom is -0.257 e. The van der Waals surface area contributed by atoms with Gasteiger partial charge in [0.2, 0.25) is 0 Å². The fraction of sp³-hybridized carbons (Fsp3) is 0.500. The lowest BCUT2D eigenvalue weighted by Crippen LogP contribution is -1.99. The second-order valence-corrected chi connectivity index (χ2v) is 4.58. The third-order valence-corrected chi connectivity index (χ3v) is 2.78. The van der Waals surface area contributed by atoms with Crippen LogP contribution in [0.1, 0.15) is 50.7 Å². The standard InChI is InChI=1S/C12H17N3/c1-7(2)9-5-6-10-12(14-15-13-10)11(9)8(3)4/h5-8H,1-4H3,(H,13,14,15). The van der Waals surface area contributed by atoms with E-state index in [9.17, 15) is 0 Å². The SMILES string of the molecule is CC(C)c1ccc2nn[nH]c2c1C(C)C. The van der Waals surface area contributed by atoms with Crippen molar-refractivity contribution in [2.45, 2.75) is 39.5 Å². The molecule has 1 heterocycles. The molecule has 0 bridgehead atoms. The van der Waals surface area contributed by atoms with Crippen molar-refractivity contribution in [3.8, 4) is 0 Å². The summed E-state index contributed by atoms with van der Waals surface area (Å²) in [7, 11) is 0. The van der Waals surface area contributed by atoms with E-state index in [1.165, 1.54) is 11.1 Å². The van der Waals surface area contributed by atoms with Crippen LogP contribution >= 0.6 is 0 Å². The highest BCUT2D eigenvalue weighted by molar-refractivity contribution is 5.79. The van der Waals surface area contributed by atoms with Gasteiger partial charge in [0.25, 0.3) is 0 Å². The highest BCUT2D eigenvalue weighted by atomic mass is 15.3. The lowest BCUT2D eigenvalue weighted by atomic mass is 9.89. The molecule has 3 heteroatoms. The van der Waals surface area contributed by atoms with Gasteiger partial charge in [-0.1, -0.05) is 39.0 Å². The van der Waals surface area contributed by atoms with Crippen molar-refractivity contribution in [3.63, 3.8) is 0 Å². The van der Waals surface area contributed by atoms with Crippen LogP contribution in [0.4, 0.5) is 0 Å². The quantitative estimate of drug-likeness (QED) is 0.814. The molecule has 0 aliphatic carbocycles. The fourth-order valence-corrected chi connectivity index (χ4v) is 2.08. The third-order valence-electron chi connectivity index (χ3n) is 2.78. The zero-order valence-electron chi connectivity index (χ0n) is 9.70. The molecule has 2 aromatic rings. The lowest BCUT2D eigenvalue weighted by Gasteiger charge is -2.15. The number of nitrogens with zero attached hydrogens (tertiary/aromatic N) is 2. The van der Waals surface area contributed by atoms with Gasteiger partial charge in [0.05, 0.1) is 5.52 Å². The maximum atomic E-state index is 4.06. The molecular formula is C12H17N3. The average Bonchev–Trinajstić information content (AvgIpc) is 2.62. The van der Waals surface area contributed by atoms with Gasteiger partial charge in [0, 0.05) is 0 Å². The van der Waals surface area contributed by atoms with Crippen LogP contribution in [0, 0.1) is 0 Å². The van der Waals surface area contributed by atoms with Crippen LogP contribution in [0.2, 0.25) is 0 Å². The molecule has 3 nitrogen and oxygen atoms in total. The maximum Gasteiger partial charge on any atom is 0.113 e. The molecular weight excluding hydrogens is 186 g/mol. The van der Waals surface area contributed by atoms with Crippen molar-refractivity contribution in [2.75, 3.05) is 0 Å². The largest absolute Gasteiger partial charge is 0.257 e. The fourth-order valence-electron chi connectivity index (χ4n) is 2.08. The molecule has 0 spiro atoms. The van der Waals surface area contributed by atoms with Crippen molar-refractivity contribution < 1.29 is 0 Å². The molecule has 1 aromatic heterocycles. The Balaban J connectivity index is 2.75. The zero-order valence-corrected chi connectivity index (χ0v) is 9.70. The Morgan fingerprint density at radius 3 is 2.40 bits per heavy atom. The van der Waals surface area contributed by atoms with E-state index in [4.69, 9.17) is 0 Å². The molecule has 0 radical (unpaired) electrons. The summed E-state index contributed by atoms with van der Waals surface area (Å²) >= 11 is 0. The van der Waals surface area contributed by atoms with Crippen molar-refractivity contribution in [3.05, 3.63) is 23.3 Å². The predicted molar refractivity (Wildman–Crippen MR) is 62.1 cm³/mol. The number of H-pyrrole nitrogens is 1. The molecule has 15 heavy (non-hydrogen) atoms. The van der Waals surface area contributed by atoms with E-state index in [1.807, 2.05) is 6.07 Å². The van der Waals surface area contributed by atoms with Crippen LogP contribution < -0.4 is 0 Å². The summed E-state index contributed by atoms with van der Waals surface area (Å²) in [5.41, 5.74) is 4.80. The lowest BCUT2D eigenvalue weighted by molar-refractivity contribution is 0.795. The van der Waals surface area contributed by atoms with Gasteiger partial charge in [0.15, 0.2) is 0 Å². The van der Waals surface area contributed by atoms with E-state index < -0.39 is 0 Å². The minimum atomic E-state index is 0.494. The topological polar surface area (TPSA) is 41.6 Å². The number of benzene rings is 1. The number of nitrogens with one attached hydrogen (secondary N) is 1. The molecule has 2 rings (SSSR count). The Bertz CT molecular complexity index is 469. The van der Waals surface area contributed by atoms with Gasteiger partial charge in [-0.3, -0.25) is 5.10 Å². The number of hydrogen-bond acceptors (Lipinski definition) is 2. The number of aromatic nitrogens is 3. The second-order valence-electron chi connectivity index (χ2n) is 4.58. The van der Waals surface area contributed by atoms with E-state index in [2.05, 4.69) is 49.2 Å². The zero-order chi connectivity index (χ0) is 11.0. The van der Waals surface area contributed by atoms with Crippen LogP contribution in [-0.2, 0) is 0 Å². The first-order valence-electron chi connectivity index (χ1n) is 5.44. The molecule has 0 saturated heterocycles. The van der Waals surface area contributed by atoms with Crippen molar-refractivity contribution in [2.24, 2.45) is 0 Å². The van der Waals surface area contributed by atoms with Crippen molar-refractivity contribution in [1.29, 1.82) is 0 Å². The second kappa shape index (κ2) is 3.65. The normalized spacial score (nSPS) is 11.9. The molecule has 1 N–H and O–H groups in total. The highest BCUT2D eigenvalue weighted by Gasteiger charge is 2.15. The monoisotopic (exact) mass is 203 g/mol. The first kappa shape index (κ1) is 10.1. The summed E-state index contributed by atoms with van der Waals surface area (Å²) < 4.78 is 0. The molecule has 1 aromatic carbocycles. The van der Waals surface area contributed by atoms with Crippen LogP contribution in [0.15, 0.2) is 12.1 Å². The first-order valence-corrected chi connectivity index (χ1v) is 5.44. The summed E-state index contributed by atoms with van der Waals surface area (Å²) in [6.07, 6.45) is 0. The molecule has 0 saturated carbocycles. The molecule has 0 amide bonds. The Morgan fingerprint density at radius 1 is 1.07 bits per heavy atom. The van der Waals surface area contributed by atoms with Gasteiger partial charge < -0.3 is 0 Å². The first-order chi connectivity index (χ1) is 7.11. The van der Waals surface area contributed by atoms with Gasteiger partial charge in [-0.05, 0) is 29.0 Å². The van der Waals surface area contributed by atoms with Crippen LogP contribution in [0.25, 0.3) is 11.0 Å². The summed E-state index contributed by atoms with van der Waals surface area (Å²) in [4.78, 5) is 0. The van der Waals surface area contributed by atoms with Crippen LogP contribution in [0.3, 0.4) is 0 Å². The number of hydrogen-bond donors (Lipinski definition) is 1. The minimum absolute atomic E-state index is 0.494. The molecule has 80 valence electrons. The smallest absolute Gasteiger partial charge is 0.113 e. The van der Waals surface area contributed by atoms with Gasteiger partial charge in [-0.15, -0.1) is 5.10 Å². The summed E-state index contributed by atoms with van der Waals surface area (Å²) in [6.45, 7) is 8.86. The molecule has 0 unspecified atom stereocenters. The van der Waals surface area contributed by atoms with E-state index in [0.717, 1.165) is 11.0 Å². The average molecular weight is 203 g/mol. The Labute approximate surface area is 89.9 Å². The van der Waals surface area contributed by atoms with Crippen LogP contribution in [0.5, 0.6) is 0 Å². The maximum absolute atomic E-state index is 4.06. The van der Waals surface area contributed by atoms with Crippen molar-refractivity contribution >= 4 is 11.0 Å². The van der Waals surface area contributed by atoms with Gasteiger partial charge in [0.1, 0.15) is 5.52 Å². The highest BCUT2D eigenvalue weighted by Crippen LogP contribution is 2.30.